The molecule has 0 aliphatic heterocycles. The third-order valence-corrected chi connectivity index (χ3v) is 2.24. The van der Waals surface area contributed by atoms with Gasteiger partial charge in [0, 0.05) is 25.2 Å². The number of rotatable bonds is 6. The van der Waals surface area contributed by atoms with Crippen LogP contribution in [0.15, 0.2) is 12.1 Å². The predicted molar refractivity (Wildman–Crippen MR) is 67.3 cm³/mol. The van der Waals surface area contributed by atoms with Gasteiger partial charge < -0.3 is 10.6 Å². The first-order chi connectivity index (χ1) is 8.00. The van der Waals surface area contributed by atoms with Crippen LogP contribution in [-0.4, -0.2) is 29.0 Å². The van der Waals surface area contributed by atoms with E-state index in [0.717, 1.165) is 13.1 Å². The molecule has 0 saturated heterocycles. The average Bonchev–Trinajstić information content (AvgIpc) is 2.23. The highest BCUT2D eigenvalue weighted by Gasteiger charge is 2.11. The van der Waals surface area contributed by atoms with Crippen molar-refractivity contribution in [2.75, 3.05) is 18.4 Å². The fraction of sp³-hybridized carbons (Fsp3) is 0.545. The van der Waals surface area contributed by atoms with Crippen LogP contribution in [0.3, 0.4) is 0 Å². The molecule has 0 unspecified atom stereocenters. The molecule has 0 aliphatic carbocycles. The fourth-order valence-corrected chi connectivity index (χ4v) is 1.40. The molecule has 0 saturated carbocycles. The lowest BCUT2D eigenvalue weighted by Gasteiger charge is -2.09. The maximum atomic E-state index is 10.6. The molecule has 2 N–H and O–H groups in total. The Morgan fingerprint density at radius 1 is 1.41 bits per heavy atom. The zero-order chi connectivity index (χ0) is 12.8. The van der Waals surface area contributed by atoms with Crippen LogP contribution in [0.2, 0.25) is 0 Å². The van der Waals surface area contributed by atoms with E-state index in [-0.39, 0.29) is 5.69 Å². The minimum absolute atomic E-state index is 0.0517. The van der Waals surface area contributed by atoms with Gasteiger partial charge in [0.05, 0.1) is 4.92 Å². The SMILES string of the molecule is Cc1nc(NCCNC(C)C)ccc1[N+](=O)[O-]. The Morgan fingerprint density at radius 2 is 2.12 bits per heavy atom. The standard InChI is InChI=1S/C11H18N4O2/c1-8(2)12-6-7-13-11-5-4-10(15(16)17)9(3)14-11/h4-5,8,12H,6-7H2,1-3H3,(H,13,14). The van der Waals surface area contributed by atoms with Gasteiger partial charge in [0.15, 0.2) is 0 Å². The Kier molecular flexibility index (Phi) is 4.84. The second-order valence-electron chi connectivity index (χ2n) is 4.09. The normalized spacial score (nSPS) is 10.6. The van der Waals surface area contributed by atoms with Crippen molar-refractivity contribution in [3.8, 4) is 0 Å². The van der Waals surface area contributed by atoms with Gasteiger partial charge in [-0.25, -0.2) is 4.98 Å². The molecule has 0 spiro atoms. The van der Waals surface area contributed by atoms with E-state index < -0.39 is 4.92 Å². The zero-order valence-electron chi connectivity index (χ0n) is 10.4. The van der Waals surface area contributed by atoms with E-state index in [1.165, 1.54) is 6.07 Å². The van der Waals surface area contributed by atoms with Crippen LogP contribution in [0.1, 0.15) is 19.5 Å². The van der Waals surface area contributed by atoms with Gasteiger partial charge in [-0.2, -0.15) is 0 Å². The minimum atomic E-state index is -0.424. The van der Waals surface area contributed by atoms with E-state index in [0.29, 0.717) is 17.6 Å². The van der Waals surface area contributed by atoms with Gasteiger partial charge >= 0.3 is 0 Å². The van der Waals surface area contributed by atoms with E-state index in [4.69, 9.17) is 0 Å². The summed E-state index contributed by atoms with van der Waals surface area (Å²) in [6.45, 7) is 7.36. The number of anilines is 1. The first-order valence-electron chi connectivity index (χ1n) is 5.60. The largest absolute Gasteiger partial charge is 0.369 e. The van der Waals surface area contributed by atoms with Crippen LogP contribution in [0.5, 0.6) is 0 Å². The second-order valence-corrected chi connectivity index (χ2v) is 4.09. The number of aryl methyl sites for hydroxylation is 1. The predicted octanol–water partition coefficient (Wildman–Crippen LogP) is 1.71. The molecule has 0 amide bonds. The summed E-state index contributed by atoms with van der Waals surface area (Å²) >= 11 is 0. The Balaban J connectivity index is 2.50. The van der Waals surface area contributed by atoms with Crippen molar-refractivity contribution in [1.29, 1.82) is 0 Å². The van der Waals surface area contributed by atoms with Crippen molar-refractivity contribution in [3.63, 3.8) is 0 Å². The molecular formula is C11H18N4O2. The second kappa shape index (κ2) is 6.15. The lowest BCUT2D eigenvalue weighted by molar-refractivity contribution is -0.385. The Morgan fingerprint density at radius 3 is 2.65 bits per heavy atom. The van der Waals surface area contributed by atoms with Crippen LogP contribution in [0.25, 0.3) is 0 Å². The third kappa shape index (κ3) is 4.36. The third-order valence-electron chi connectivity index (χ3n) is 2.24. The first kappa shape index (κ1) is 13.4. The number of pyridine rings is 1. The summed E-state index contributed by atoms with van der Waals surface area (Å²) < 4.78 is 0. The molecule has 1 heterocycles. The van der Waals surface area contributed by atoms with Crippen molar-refractivity contribution < 1.29 is 4.92 Å². The lowest BCUT2D eigenvalue weighted by Crippen LogP contribution is -2.28. The molecular weight excluding hydrogens is 220 g/mol. The number of aromatic nitrogens is 1. The van der Waals surface area contributed by atoms with Crippen molar-refractivity contribution in [3.05, 3.63) is 27.9 Å². The molecule has 0 bridgehead atoms. The highest BCUT2D eigenvalue weighted by atomic mass is 16.6. The summed E-state index contributed by atoms with van der Waals surface area (Å²) in [5, 5.41) is 17.0. The monoisotopic (exact) mass is 238 g/mol. The molecule has 17 heavy (non-hydrogen) atoms. The van der Waals surface area contributed by atoms with Crippen molar-refractivity contribution in [2.45, 2.75) is 26.8 Å². The van der Waals surface area contributed by atoms with Gasteiger partial charge in [0.2, 0.25) is 0 Å². The van der Waals surface area contributed by atoms with Gasteiger partial charge in [-0.1, -0.05) is 13.8 Å². The van der Waals surface area contributed by atoms with E-state index >= 15 is 0 Å². The molecule has 1 aromatic heterocycles. The van der Waals surface area contributed by atoms with E-state index in [2.05, 4.69) is 29.5 Å². The summed E-state index contributed by atoms with van der Waals surface area (Å²) in [7, 11) is 0. The molecule has 6 nitrogen and oxygen atoms in total. The average molecular weight is 238 g/mol. The molecule has 94 valence electrons. The van der Waals surface area contributed by atoms with Gasteiger partial charge in [0.25, 0.3) is 5.69 Å². The molecule has 1 aromatic rings. The van der Waals surface area contributed by atoms with Crippen LogP contribution in [-0.2, 0) is 0 Å². The van der Waals surface area contributed by atoms with Gasteiger partial charge in [-0.05, 0) is 13.0 Å². The van der Waals surface area contributed by atoms with Gasteiger partial charge in [-0.15, -0.1) is 0 Å². The Bertz CT molecular complexity index is 393. The molecule has 0 aromatic carbocycles. The number of hydrogen-bond acceptors (Lipinski definition) is 5. The molecule has 0 radical (unpaired) electrons. The number of nitrogens with one attached hydrogen (secondary N) is 2. The minimum Gasteiger partial charge on any atom is -0.369 e. The summed E-state index contributed by atoms with van der Waals surface area (Å²) in [5.74, 6) is 0.665. The Labute approximate surface area is 101 Å². The van der Waals surface area contributed by atoms with E-state index in [1.54, 1.807) is 13.0 Å². The van der Waals surface area contributed by atoms with Crippen molar-refractivity contribution >= 4 is 11.5 Å². The zero-order valence-corrected chi connectivity index (χ0v) is 10.4. The van der Waals surface area contributed by atoms with E-state index in [1.807, 2.05) is 0 Å². The maximum Gasteiger partial charge on any atom is 0.290 e. The highest BCUT2D eigenvalue weighted by molar-refractivity contribution is 5.44. The van der Waals surface area contributed by atoms with Crippen molar-refractivity contribution in [2.24, 2.45) is 0 Å². The molecule has 0 fully saturated rings. The van der Waals surface area contributed by atoms with Gasteiger partial charge in [0.1, 0.15) is 11.5 Å². The van der Waals surface area contributed by atoms with Crippen LogP contribution >= 0.6 is 0 Å². The maximum absolute atomic E-state index is 10.6. The first-order valence-corrected chi connectivity index (χ1v) is 5.60. The van der Waals surface area contributed by atoms with E-state index in [9.17, 15) is 10.1 Å². The number of hydrogen-bond donors (Lipinski definition) is 2. The summed E-state index contributed by atoms with van der Waals surface area (Å²) in [5.41, 5.74) is 0.479. The summed E-state index contributed by atoms with van der Waals surface area (Å²) in [4.78, 5) is 14.3. The molecule has 0 atom stereocenters. The smallest absolute Gasteiger partial charge is 0.290 e. The summed E-state index contributed by atoms with van der Waals surface area (Å²) in [6.07, 6.45) is 0. The van der Waals surface area contributed by atoms with Crippen LogP contribution < -0.4 is 10.6 Å². The summed E-state index contributed by atoms with van der Waals surface area (Å²) in [6, 6.07) is 3.55. The molecule has 1 rings (SSSR count). The van der Waals surface area contributed by atoms with Crippen molar-refractivity contribution in [1.82, 2.24) is 10.3 Å². The number of nitrogens with zero attached hydrogens (tertiary/aromatic N) is 2. The Hall–Kier alpha value is -1.69. The fourth-order valence-electron chi connectivity index (χ4n) is 1.40. The van der Waals surface area contributed by atoms with Crippen LogP contribution in [0.4, 0.5) is 11.5 Å². The quantitative estimate of drug-likeness (QED) is 0.448. The highest BCUT2D eigenvalue weighted by Crippen LogP contribution is 2.17. The topological polar surface area (TPSA) is 80.1 Å². The van der Waals surface area contributed by atoms with Gasteiger partial charge in [-0.3, -0.25) is 10.1 Å². The number of nitro groups is 1. The lowest BCUT2D eigenvalue weighted by atomic mass is 10.3. The molecule has 0 aliphatic rings. The molecule has 6 heteroatoms. The van der Waals surface area contributed by atoms with Crippen LogP contribution in [0, 0.1) is 17.0 Å².